The molecule has 2 heterocycles. The van der Waals surface area contributed by atoms with Crippen molar-refractivity contribution in [3.05, 3.63) is 18.7 Å². The minimum absolute atomic E-state index is 0.140. The molecule has 1 fully saturated rings. The van der Waals surface area contributed by atoms with E-state index < -0.39 is 0 Å². The summed E-state index contributed by atoms with van der Waals surface area (Å²) < 4.78 is 1.96. The smallest absolute Gasteiger partial charge is 0.221 e. The third-order valence-corrected chi connectivity index (χ3v) is 3.59. The first kappa shape index (κ1) is 13.1. The SMILES string of the molecule is CC1CCCNC1CC(=O)NCCn1ccnc1. The highest BCUT2D eigenvalue weighted by Gasteiger charge is 2.22. The van der Waals surface area contributed by atoms with E-state index in [4.69, 9.17) is 0 Å². The van der Waals surface area contributed by atoms with E-state index in [0.717, 1.165) is 13.1 Å². The van der Waals surface area contributed by atoms with E-state index in [2.05, 4.69) is 22.5 Å². The molecule has 18 heavy (non-hydrogen) atoms. The Hall–Kier alpha value is -1.36. The van der Waals surface area contributed by atoms with Crippen molar-refractivity contribution in [3.63, 3.8) is 0 Å². The molecule has 1 aromatic heterocycles. The fraction of sp³-hybridized carbons (Fsp3) is 0.692. The van der Waals surface area contributed by atoms with Crippen molar-refractivity contribution in [1.82, 2.24) is 20.2 Å². The maximum Gasteiger partial charge on any atom is 0.221 e. The van der Waals surface area contributed by atoms with E-state index >= 15 is 0 Å². The number of carbonyl (C=O) groups is 1. The molecular weight excluding hydrogens is 228 g/mol. The molecule has 1 saturated heterocycles. The summed E-state index contributed by atoms with van der Waals surface area (Å²) in [6.45, 7) is 4.70. The van der Waals surface area contributed by atoms with Crippen LogP contribution in [0.3, 0.4) is 0 Å². The van der Waals surface area contributed by atoms with Crippen molar-refractivity contribution in [2.45, 2.75) is 38.8 Å². The lowest BCUT2D eigenvalue weighted by molar-refractivity contribution is -0.122. The van der Waals surface area contributed by atoms with Crippen LogP contribution < -0.4 is 10.6 Å². The molecule has 1 aliphatic heterocycles. The quantitative estimate of drug-likeness (QED) is 0.812. The van der Waals surface area contributed by atoms with Gasteiger partial charge in [0, 0.05) is 37.9 Å². The van der Waals surface area contributed by atoms with Gasteiger partial charge in [-0.2, -0.15) is 0 Å². The standard InChI is InChI=1S/C13H22N4O/c1-11-3-2-4-15-12(11)9-13(18)16-6-8-17-7-5-14-10-17/h5,7,10-12,15H,2-4,6,8-9H2,1H3,(H,16,18). The molecule has 5 heteroatoms. The monoisotopic (exact) mass is 250 g/mol. The van der Waals surface area contributed by atoms with Crippen LogP contribution in [0.2, 0.25) is 0 Å². The van der Waals surface area contributed by atoms with Crippen LogP contribution in [-0.4, -0.2) is 34.6 Å². The number of rotatable bonds is 5. The zero-order chi connectivity index (χ0) is 12.8. The molecule has 0 spiro atoms. The number of imidazole rings is 1. The molecule has 2 rings (SSSR count). The third kappa shape index (κ3) is 3.84. The maximum absolute atomic E-state index is 11.8. The number of nitrogens with zero attached hydrogens (tertiary/aromatic N) is 2. The Labute approximate surface area is 108 Å². The van der Waals surface area contributed by atoms with Gasteiger partial charge in [0.05, 0.1) is 6.33 Å². The minimum atomic E-state index is 0.140. The minimum Gasteiger partial charge on any atom is -0.354 e. The van der Waals surface area contributed by atoms with Crippen molar-refractivity contribution in [1.29, 1.82) is 0 Å². The molecule has 1 aliphatic rings. The van der Waals surface area contributed by atoms with Crippen molar-refractivity contribution in [2.75, 3.05) is 13.1 Å². The second-order valence-electron chi connectivity index (χ2n) is 5.03. The molecule has 2 atom stereocenters. The van der Waals surface area contributed by atoms with Crippen LogP contribution in [0.1, 0.15) is 26.2 Å². The van der Waals surface area contributed by atoms with Gasteiger partial charge in [-0.05, 0) is 25.3 Å². The molecule has 2 N–H and O–H groups in total. The average Bonchev–Trinajstić information content (AvgIpc) is 2.85. The number of amides is 1. The first-order valence-corrected chi connectivity index (χ1v) is 6.71. The average molecular weight is 250 g/mol. The Bertz CT molecular complexity index is 363. The number of carbonyl (C=O) groups excluding carboxylic acids is 1. The molecule has 0 saturated carbocycles. The molecule has 100 valence electrons. The summed E-state index contributed by atoms with van der Waals surface area (Å²) in [4.78, 5) is 15.8. The second-order valence-corrected chi connectivity index (χ2v) is 5.03. The normalized spacial score (nSPS) is 23.8. The number of aromatic nitrogens is 2. The zero-order valence-corrected chi connectivity index (χ0v) is 10.9. The van der Waals surface area contributed by atoms with E-state index in [1.807, 2.05) is 10.8 Å². The molecule has 1 amide bonds. The molecule has 0 bridgehead atoms. The van der Waals surface area contributed by atoms with Gasteiger partial charge in [0.1, 0.15) is 0 Å². The fourth-order valence-corrected chi connectivity index (χ4v) is 2.40. The van der Waals surface area contributed by atoms with E-state index in [1.54, 1.807) is 12.5 Å². The lowest BCUT2D eigenvalue weighted by Gasteiger charge is -2.29. The van der Waals surface area contributed by atoms with Gasteiger partial charge >= 0.3 is 0 Å². The Kier molecular flexibility index (Phi) is 4.75. The molecular formula is C13H22N4O. The maximum atomic E-state index is 11.8. The Morgan fingerprint density at radius 2 is 2.50 bits per heavy atom. The number of hydrogen-bond acceptors (Lipinski definition) is 3. The molecule has 0 radical (unpaired) electrons. The Morgan fingerprint density at radius 1 is 1.61 bits per heavy atom. The van der Waals surface area contributed by atoms with E-state index in [9.17, 15) is 4.79 Å². The van der Waals surface area contributed by atoms with E-state index in [-0.39, 0.29) is 5.91 Å². The van der Waals surface area contributed by atoms with Crippen LogP contribution in [0.5, 0.6) is 0 Å². The molecule has 5 nitrogen and oxygen atoms in total. The molecule has 0 aliphatic carbocycles. The summed E-state index contributed by atoms with van der Waals surface area (Å²) in [6, 6.07) is 0.340. The van der Waals surface area contributed by atoms with Crippen molar-refractivity contribution >= 4 is 5.91 Å². The lowest BCUT2D eigenvalue weighted by atomic mass is 9.90. The third-order valence-electron chi connectivity index (χ3n) is 3.59. The van der Waals surface area contributed by atoms with Gasteiger partial charge in [0.25, 0.3) is 0 Å². The van der Waals surface area contributed by atoms with Crippen LogP contribution in [0.25, 0.3) is 0 Å². The van der Waals surface area contributed by atoms with Crippen LogP contribution in [0, 0.1) is 5.92 Å². The van der Waals surface area contributed by atoms with Crippen LogP contribution in [0.15, 0.2) is 18.7 Å². The largest absolute Gasteiger partial charge is 0.354 e. The van der Waals surface area contributed by atoms with Gasteiger partial charge < -0.3 is 15.2 Å². The molecule has 2 unspecified atom stereocenters. The Morgan fingerprint density at radius 3 is 3.22 bits per heavy atom. The second kappa shape index (κ2) is 6.54. The van der Waals surface area contributed by atoms with Crippen LogP contribution >= 0.6 is 0 Å². The van der Waals surface area contributed by atoms with E-state index in [1.165, 1.54) is 12.8 Å². The molecule has 1 aromatic rings. The Balaban J connectivity index is 1.65. The summed E-state index contributed by atoms with van der Waals surface area (Å²) in [7, 11) is 0. The number of hydrogen-bond donors (Lipinski definition) is 2. The molecule has 0 aromatic carbocycles. The summed E-state index contributed by atoms with van der Waals surface area (Å²) in [5.41, 5.74) is 0. The number of piperidine rings is 1. The van der Waals surface area contributed by atoms with E-state index in [0.29, 0.717) is 24.9 Å². The van der Waals surface area contributed by atoms with Gasteiger partial charge in [0.2, 0.25) is 5.91 Å². The zero-order valence-electron chi connectivity index (χ0n) is 10.9. The number of nitrogens with one attached hydrogen (secondary N) is 2. The van der Waals surface area contributed by atoms with Gasteiger partial charge in [0.15, 0.2) is 0 Å². The predicted octanol–water partition coefficient (Wildman–Crippen LogP) is 0.778. The summed E-state index contributed by atoms with van der Waals surface area (Å²) in [5, 5.41) is 6.39. The van der Waals surface area contributed by atoms with Crippen molar-refractivity contribution < 1.29 is 4.79 Å². The van der Waals surface area contributed by atoms with Gasteiger partial charge in [-0.25, -0.2) is 4.98 Å². The van der Waals surface area contributed by atoms with Gasteiger partial charge in [-0.1, -0.05) is 6.92 Å². The van der Waals surface area contributed by atoms with Crippen LogP contribution in [0.4, 0.5) is 0 Å². The van der Waals surface area contributed by atoms with Crippen molar-refractivity contribution in [2.24, 2.45) is 5.92 Å². The van der Waals surface area contributed by atoms with Crippen LogP contribution in [-0.2, 0) is 11.3 Å². The highest BCUT2D eigenvalue weighted by molar-refractivity contribution is 5.76. The topological polar surface area (TPSA) is 59.0 Å². The van der Waals surface area contributed by atoms with Gasteiger partial charge in [-0.3, -0.25) is 4.79 Å². The highest BCUT2D eigenvalue weighted by atomic mass is 16.1. The summed E-state index contributed by atoms with van der Waals surface area (Å²) >= 11 is 0. The fourth-order valence-electron chi connectivity index (χ4n) is 2.40. The lowest BCUT2D eigenvalue weighted by Crippen LogP contribution is -2.43. The first-order valence-electron chi connectivity index (χ1n) is 6.71. The highest BCUT2D eigenvalue weighted by Crippen LogP contribution is 2.17. The predicted molar refractivity (Wildman–Crippen MR) is 70.0 cm³/mol. The summed E-state index contributed by atoms with van der Waals surface area (Å²) in [6.07, 6.45) is 8.44. The first-order chi connectivity index (χ1) is 8.75. The van der Waals surface area contributed by atoms with Crippen molar-refractivity contribution in [3.8, 4) is 0 Å². The summed E-state index contributed by atoms with van der Waals surface area (Å²) in [5.74, 6) is 0.736. The van der Waals surface area contributed by atoms with Gasteiger partial charge in [-0.15, -0.1) is 0 Å².